The van der Waals surface area contributed by atoms with Crippen LogP contribution in [0.15, 0.2) is 30.3 Å². The lowest BCUT2D eigenvalue weighted by atomic mass is 9.97. The average Bonchev–Trinajstić information content (AvgIpc) is 3.13. The first-order valence-corrected chi connectivity index (χ1v) is 10.5. The van der Waals surface area contributed by atoms with Crippen LogP contribution in [0.25, 0.3) is 0 Å². The third kappa shape index (κ3) is 5.96. The number of likely N-dealkylation sites (tertiary alicyclic amines) is 1. The minimum Gasteiger partial charge on any atom is -0.381 e. The molecular weight excluding hydrogens is 382 g/mol. The molecule has 2 saturated heterocycles. The van der Waals surface area contributed by atoms with E-state index in [2.05, 4.69) is 34.6 Å². The van der Waals surface area contributed by atoms with Crippen molar-refractivity contribution in [2.75, 3.05) is 32.8 Å². The largest absolute Gasteiger partial charge is 0.381 e. The van der Waals surface area contributed by atoms with Crippen LogP contribution in [0.4, 0.5) is 0 Å². The van der Waals surface area contributed by atoms with Crippen molar-refractivity contribution in [1.82, 2.24) is 15.5 Å². The fourth-order valence-electron chi connectivity index (χ4n) is 4.06. The highest BCUT2D eigenvalue weighted by atomic mass is 16.5. The summed E-state index contributed by atoms with van der Waals surface area (Å²) in [4.78, 5) is 26.7. The van der Waals surface area contributed by atoms with Gasteiger partial charge in [-0.15, -0.1) is 0 Å². The molecular formula is C22H31N5O3. The van der Waals surface area contributed by atoms with Gasteiger partial charge in [0.15, 0.2) is 0 Å². The molecule has 8 nitrogen and oxygen atoms in total. The number of amidine groups is 1. The number of carbonyl (C=O) groups excluding carboxylic acids is 2. The molecule has 0 saturated carbocycles. The van der Waals surface area contributed by atoms with Crippen molar-refractivity contribution >= 4 is 23.4 Å². The third-order valence-electron chi connectivity index (χ3n) is 5.86. The summed E-state index contributed by atoms with van der Waals surface area (Å²) in [7, 11) is 0. The molecule has 2 fully saturated rings. The van der Waals surface area contributed by atoms with Gasteiger partial charge in [0.2, 0.25) is 5.91 Å². The summed E-state index contributed by atoms with van der Waals surface area (Å²) in [5.41, 5.74) is 0.981. The molecule has 0 radical (unpaired) electrons. The van der Waals surface area contributed by atoms with Crippen molar-refractivity contribution in [2.24, 2.45) is 17.8 Å². The number of hydrogen-bond donors (Lipinski definition) is 4. The summed E-state index contributed by atoms with van der Waals surface area (Å²) >= 11 is 0. The first-order valence-electron chi connectivity index (χ1n) is 10.5. The fraction of sp³-hybridized carbons (Fsp3) is 0.545. The molecule has 0 bridgehead atoms. The highest BCUT2D eigenvalue weighted by Crippen LogP contribution is 2.24. The van der Waals surface area contributed by atoms with Crippen LogP contribution < -0.4 is 10.6 Å². The van der Waals surface area contributed by atoms with E-state index in [9.17, 15) is 9.59 Å². The topological polar surface area (TPSA) is 118 Å². The predicted molar refractivity (Wildman–Crippen MR) is 115 cm³/mol. The van der Waals surface area contributed by atoms with E-state index in [0.717, 1.165) is 13.1 Å². The van der Waals surface area contributed by atoms with Crippen molar-refractivity contribution in [3.8, 4) is 0 Å². The summed E-state index contributed by atoms with van der Waals surface area (Å²) in [6.45, 7) is 5.45. The first kappa shape index (κ1) is 22.1. The molecule has 2 aliphatic rings. The maximum Gasteiger partial charge on any atom is 0.272 e. The van der Waals surface area contributed by atoms with Crippen molar-refractivity contribution < 1.29 is 14.3 Å². The summed E-state index contributed by atoms with van der Waals surface area (Å²) < 4.78 is 5.24. The minimum absolute atomic E-state index is 0.0812. The molecule has 3 rings (SSSR count). The molecule has 4 N–H and O–H groups in total. The van der Waals surface area contributed by atoms with Crippen LogP contribution in [0.2, 0.25) is 0 Å². The van der Waals surface area contributed by atoms with E-state index in [1.54, 1.807) is 0 Å². The van der Waals surface area contributed by atoms with Crippen molar-refractivity contribution in [2.45, 2.75) is 26.3 Å². The summed E-state index contributed by atoms with van der Waals surface area (Å²) in [6, 6.07) is 10.2. The molecule has 0 aromatic heterocycles. The van der Waals surface area contributed by atoms with Gasteiger partial charge in [-0.1, -0.05) is 37.3 Å². The van der Waals surface area contributed by atoms with Crippen molar-refractivity contribution in [3.63, 3.8) is 0 Å². The van der Waals surface area contributed by atoms with Gasteiger partial charge in [-0.3, -0.25) is 25.3 Å². The molecule has 0 spiro atoms. The molecule has 1 aromatic carbocycles. The second-order valence-electron chi connectivity index (χ2n) is 8.21. The maximum absolute atomic E-state index is 12.3. The molecule has 2 amide bonds. The minimum atomic E-state index is -0.624. The Morgan fingerprint density at radius 2 is 1.83 bits per heavy atom. The Kier molecular flexibility index (Phi) is 7.70. The predicted octanol–water partition coefficient (Wildman–Crippen LogP) is 1.41. The molecule has 8 heteroatoms. The molecule has 2 heterocycles. The van der Waals surface area contributed by atoms with Crippen LogP contribution in [0.3, 0.4) is 0 Å². The van der Waals surface area contributed by atoms with Gasteiger partial charge in [-0.2, -0.15) is 0 Å². The number of nitrogens with zero attached hydrogens (tertiary/aromatic N) is 1. The molecule has 30 heavy (non-hydrogen) atoms. The zero-order chi connectivity index (χ0) is 21.5. The van der Waals surface area contributed by atoms with Gasteiger partial charge in [-0.05, 0) is 24.3 Å². The number of ether oxygens (including phenoxy) is 1. The lowest BCUT2D eigenvalue weighted by Gasteiger charge is -2.21. The highest BCUT2D eigenvalue weighted by molar-refractivity contribution is 6.41. The Bertz CT molecular complexity index is 776. The molecule has 0 aliphatic carbocycles. The maximum atomic E-state index is 12.3. The summed E-state index contributed by atoms with van der Waals surface area (Å²) in [5.74, 6) is -0.592. The number of hydrogen-bond acceptors (Lipinski definition) is 6. The molecule has 2 aliphatic heterocycles. The van der Waals surface area contributed by atoms with E-state index in [1.807, 2.05) is 18.2 Å². The third-order valence-corrected chi connectivity index (χ3v) is 5.86. The van der Waals surface area contributed by atoms with E-state index >= 15 is 0 Å². The summed E-state index contributed by atoms with van der Waals surface area (Å²) in [5, 5.41) is 21.5. The quantitative estimate of drug-likeness (QED) is 0.399. The van der Waals surface area contributed by atoms with Crippen LogP contribution in [0, 0.1) is 28.6 Å². The van der Waals surface area contributed by atoms with Gasteiger partial charge < -0.3 is 15.4 Å². The van der Waals surface area contributed by atoms with Crippen molar-refractivity contribution in [3.05, 3.63) is 35.9 Å². The Hall–Kier alpha value is -2.58. The van der Waals surface area contributed by atoms with Gasteiger partial charge in [0, 0.05) is 44.7 Å². The molecule has 162 valence electrons. The van der Waals surface area contributed by atoms with Crippen LogP contribution in [0.5, 0.6) is 0 Å². The average molecular weight is 414 g/mol. The van der Waals surface area contributed by atoms with Gasteiger partial charge >= 0.3 is 0 Å². The number of benzene rings is 1. The Labute approximate surface area is 177 Å². The van der Waals surface area contributed by atoms with Gasteiger partial charge in [0.1, 0.15) is 11.5 Å². The number of amides is 2. The molecule has 2 atom stereocenters. The Morgan fingerprint density at radius 1 is 1.13 bits per heavy atom. The molecule has 2 unspecified atom stereocenters. The van der Waals surface area contributed by atoms with Crippen LogP contribution in [0.1, 0.15) is 25.3 Å². The van der Waals surface area contributed by atoms with Gasteiger partial charge in [0.05, 0.1) is 6.54 Å². The van der Waals surface area contributed by atoms with E-state index in [4.69, 9.17) is 15.6 Å². The lowest BCUT2D eigenvalue weighted by molar-refractivity contribution is -0.127. The fourth-order valence-corrected chi connectivity index (χ4v) is 4.06. The second kappa shape index (κ2) is 10.4. The lowest BCUT2D eigenvalue weighted by Crippen LogP contribution is -2.45. The van der Waals surface area contributed by atoms with Crippen LogP contribution >= 0.6 is 0 Å². The number of carbonyl (C=O) groups is 2. The van der Waals surface area contributed by atoms with Crippen molar-refractivity contribution in [1.29, 1.82) is 10.8 Å². The number of rotatable bonds is 7. The van der Waals surface area contributed by atoms with Crippen LogP contribution in [-0.4, -0.2) is 61.1 Å². The van der Waals surface area contributed by atoms with E-state index in [0.29, 0.717) is 32.6 Å². The van der Waals surface area contributed by atoms with Gasteiger partial charge in [0.25, 0.3) is 5.91 Å². The first-order chi connectivity index (χ1) is 14.4. The smallest absolute Gasteiger partial charge is 0.272 e. The zero-order valence-corrected chi connectivity index (χ0v) is 17.4. The van der Waals surface area contributed by atoms with Gasteiger partial charge in [-0.25, -0.2) is 0 Å². The Balaban J connectivity index is 1.43. The highest BCUT2D eigenvalue weighted by Gasteiger charge is 2.33. The van der Waals surface area contributed by atoms with E-state index in [-0.39, 0.29) is 41.8 Å². The monoisotopic (exact) mass is 413 g/mol. The SMILES string of the molecule is CC1CN(Cc2ccccc2)CC1C(=N)NC(=O)C(=N)CNC(=O)C1CCOCC1. The van der Waals surface area contributed by atoms with E-state index in [1.165, 1.54) is 5.56 Å². The van der Waals surface area contributed by atoms with Crippen LogP contribution in [-0.2, 0) is 20.9 Å². The molecule has 1 aromatic rings. The Morgan fingerprint density at radius 3 is 2.53 bits per heavy atom. The van der Waals surface area contributed by atoms with E-state index < -0.39 is 5.91 Å². The number of nitrogens with one attached hydrogen (secondary N) is 4. The normalized spacial score (nSPS) is 22.4. The second-order valence-corrected chi connectivity index (χ2v) is 8.21. The summed E-state index contributed by atoms with van der Waals surface area (Å²) in [6.07, 6.45) is 1.32. The standard InChI is InChI=1S/C22H31N5O3/c1-15-12-27(13-16-5-3-2-4-6-16)14-18(15)20(24)26-22(29)19(23)11-25-21(28)17-7-9-30-10-8-17/h2-6,15,17-18,23H,7-14H2,1H3,(H,25,28)(H2,24,26,29). The zero-order valence-electron chi connectivity index (χ0n) is 17.4.